The SMILES string of the molecule is CCNCC1(Cc2cncs2)CCOC1. The van der Waals surface area contributed by atoms with Gasteiger partial charge >= 0.3 is 0 Å². The normalized spacial score (nSPS) is 25.9. The molecule has 1 aliphatic heterocycles. The van der Waals surface area contributed by atoms with Gasteiger partial charge < -0.3 is 10.1 Å². The molecule has 4 heteroatoms. The number of aromatic nitrogens is 1. The number of thiazole rings is 1. The predicted octanol–water partition coefficient (Wildman–Crippen LogP) is 1.70. The molecule has 84 valence electrons. The van der Waals surface area contributed by atoms with Gasteiger partial charge in [-0.05, 0) is 19.4 Å². The van der Waals surface area contributed by atoms with Crippen molar-refractivity contribution >= 4 is 11.3 Å². The third kappa shape index (κ3) is 2.77. The molecule has 2 heterocycles. The zero-order chi connectivity index (χ0) is 10.6. The maximum absolute atomic E-state index is 5.55. The van der Waals surface area contributed by atoms with Crippen LogP contribution in [0.1, 0.15) is 18.2 Å². The Kier molecular flexibility index (Phi) is 3.72. The molecule has 0 aliphatic carbocycles. The Morgan fingerprint density at radius 2 is 2.60 bits per heavy atom. The molecule has 0 radical (unpaired) electrons. The quantitative estimate of drug-likeness (QED) is 0.830. The van der Waals surface area contributed by atoms with E-state index in [0.29, 0.717) is 5.41 Å². The van der Waals surface area contributed by atoms with Crippen molar-refractivity contribution in [3.8, 4) is 0 Å². The Morgan fingerprint density at radius 3 is 3.20 bits per heavy atom. The second-order valence-corrected chi connectivity index (χ2v) is 5.20. The van der Waals surface area contributed by atoms with Crippen LogP contribution in [0, 0.1) is 5.41 Å². The second kappa shape index (κ2) is 5.05. The summed E-state index contributed by atoms with van der Waals surface area (Å²) in [7, 11) is 0. The minimum absolute atomic E-state index is 0.308. The van der Waals surface area contributed by atoms with Gasteiger partial charge in [0.2, 0.25) is 0 Å². The molecule has 1 saturated heterocycles. The molecule has 2 rings (SSSR count). The first kappa shape index (κ1) is 11.0. The van der Waals surface area contributed by atoms with Gasteiger partial charge in [0, 0.05) is 29.6 Å². The molecule has 0 amide bonds. The van der Waals surface area contributed by atoms with Crippen LogP contribution in [0.2, 0.25) is 0 Å². The highest BCUT2D eigenvalue weighted by Gasteiger charge is 2.34. The van der Waals surface area contributed by atoms with E-state index in [0.717, 1.165) is 39.1 Å². The molecule has 0 saturated carbocycles. The van der Waals surface area contributed by atoms with Crippen molar-refractivity contribution in [2.75, 3.05) is 26.3 Å². The summed E-state index contributed by atoms with van der Waals surface area (Å²) in [6.45, 7) is 6.03. The zero-order valence-corrected chi connectivity index (χ0v) is 9.98. The summed E-state index contributed by atoms with van der Waals surface area (Å²) in [5.74, 6) is 0. The minimum Gasteiger partial charge on any atom is -0.381 e. The minimum atomic E-state index is 0.308. The summed E-state index contributed by atoms with van der Waals surface area (Å²) >= 11 is 1.75. The van der Waals surface area contributed by atoms with Crippen LogP contribution < -0.4 is 5.32 Å². The van der Waals surface area contributed by atoms with Crippen molar-refractivity contribution < 1.29 is 4.74 Å². The molecule has 0 bridgehead atoms. The molecule has 1 aromatic rings. The molecule has 0 spiro atoms. The predicted molar refractivity (Wildman–Crippen MR) is 62.2 cm³/mol. The lowest BCUT2D eigenvalue weighted by molar-refractivity contribution is 0.150. The summed E-state index contributed by atoms with van der Waals surface area (Å²) in [5.41, 5.74) is 2.22. The van der Waals surface area contributed by atoms with E-state index in [-0.39, 0.29) is 0 Å². The Hall–Kier alpha value is -0.450. The molecule has 1 unspecified atom stereocenters. The summed E-state index contributed by atoms with van der Waals surface area (Å²) < 4.78 is 5.55. The van der Waals surface area contributed by atoms with Crippen LogP contribution in [0.5, 0.6) is 0 Å². The Bertz CT molecular complexity index is 281. The average Bonchev–Trinajstić information content (AvgIpc) is 2.88. The monoisotopic (exact) mass is 226 g/mol. The first-order valence-corrected chi connectivity index (χ1v) is 6.38. The number of rotatable bonds is 5. The van der Waals surface area contributed by atoms with E-state index in [1.54, 1.807) is 11.3 Å². The van der Waals surface area contributed by atoms with Crippen molar-refractivity contribution in [2.45, 2.75) is 19.8 Å². The molecule has 15 heavy (non-hydrogen) atoms. The van der Waals surface area contributed by atoms with E-state index in [1.165, 1.54) is 4.88 Å². The number of hydrogen-bond acceptors (Lipinski definition) is 4. The van der Waals surface area contributed by atoms with Gasteiger partial charge in [-0.15, -0.1) is 11.3 Å². The van der Waals surface area contributed by atoms with Gasteiger partial charge in [0.1, 0.15) is 0 Å². The summed E-state index contributed by atoms with van der Waals surface area (Å²) in [6.07, 6.45) is 4.25. The zero-order valence-electron chi connectivity index (χ0n) is 9.16. The van der Waals surface area contributed by atoms with Crippen LogP contribution in [0.3, 0.4) is 0 Å². The standard InChI is InChI=1S/C11H18N2OS/c1-2-12-7-11(3-4-14-8-11)5-10-6-13-9-15-10/h6,9,12H,2-5,7-8H2,1H3. The maximum atomic E-state index is 5.55. The lowest BCUT2D eigenvalue weighted by atomic mass is 9.83. The van der Waals surface area contributed by atoms with Gasteiger partial charge in [0.05, 0.1) is 12.1 Å². The van der Waals surface area contributed by atoms with Crippen LogP contribution >= 0.6 is 11.3 Å². The highest BCUT2D eigenvalue weighted by molar-refractivity contribution is 7.09. The molecule has 1 fully saturated rings. The Balaban J connectivity index is 1.99. The molecule has 1 aromatic heterocycles. The van der Waals surface area contributed by atoms with Crippen molar-refractivity contribution in [1.82, 2.24) is 10.3 Å². The summed E-state index contributed by atoms with van der Waals surface area (Å²) in [5, 5.41) is 3.45. The van der Waals surface area contributed by atoms with Crippen molar-refractivity contribution in [1.29, 1.82) is 0 Å². The van der Waals surface area contributed by atoms with Gasteiger partial charge in [-0.25, -0.2) is 0 Å². The lowest BCUT2D eigenvalue weighted by Crippen LogP contribution is -2.36. The van der Waals surface area contributed by atoms with Crippen LogP contribution in [0.25, 0.3) is 0 Å². The van der Waals surface area contributed by atoms with E-state index in [2.05, 4.69) is 17.2 Å². The topological polar surface area (TPSA) is 34.2 Å². The second-order valence-electron chi connectivity index (χ2n) is 4.23. The maximum Gasteiger partial charge on any atom is 0.0794 e. The Labute approximate surface area is 94.9 Å². The number of ether oxygens (including phenoxy) is 1. The molecule has 1 N–H and O–H groups in total. The molecular formula is C11H18N2OS. The lowest BCUT2D eigenvalue weighted by Gasteiger charge is -2.26. The largest absolute Gasteiger partial charge is 0.381 e. The summed E-state index contributed by atoms with van der Waals surface area (Å²) in [6, 6.07) is 0. The van der Waals surface area contributed by atoms with Crippen LogP contribution in [0.15, 0.2) is 11.7 Å². The van der Waals surface area contributed by atoms with Gasteiger partial charge in [-0.1, -0.05) is 6.92 Å². The average molecular weight is 226 g/mol. The van der Waals surface area contributed by atoms with E-state index < -0.39 is 0 Å². The molecule has 0 aromatic carbocycles. The van der Waals surface area contributed by atoms with E-state index in [4.69, 9.17) is 4.74 Å². The van der Waals surface area contributed by atoms with Gasteiger partial charge in [0.25, 0.3) is 0 Å². The number of nitrogens with one attached hydrogen (secondary N) is 1. The Morgan fingerprint density at radius 1 is 1.67 bits per heavy atom. The molecule has 1 aliphatic rings. The number of hydrogen-bond donors (Lipinski definition) is 1. The third-order valence-electron chi connectivity index (χ3n) is 2.97. The fourth-order valence-electron chi connectivity index (χ4n) is 2.08. The van der Waals surface area contributed by atoms with E-state index >= 15 is 0 Å². The van der Waals surface area contributed by atoms with Gasteiger partial charge in [-0.2, -0.15) is 0 Å². The van der Waals surface area contributed by atoms with Crippen molar-refractivity contribution in [3.05, 3.63) is 16.6 Å². The van der Waals surface area contributed by atoms with Crippen molar-refractivity contribution in [2.24, 2.45) is 5.41 Å². The van der Waals surface area contributed by atoms with E-state index in [1.807, 2.05) is 11.7 Å². The third-order valence-corrected chi connectivity index (χ3v) is 3.75. The van der Waals surface area contributed by atoms with Crippen LogP contribution in [0.4, 0.5) is 0 Å². The highest BCUT2D eigenvalue weighted by Crippen LogP contribution is 2.32. The fraction of sp³-hybridized carbons (Fsp3) is 0.727. The first-order chi connectivity index (χ1) is 7.35. The van der Waals surface area contributed by atoms with Crippen LogP contribution in [-0.4, -0.2) is 31.3 Å². The first-order valence-electron chi connectivity index (χ1n) is 5.50. The molecule has 1 atom stereocenters. The molecular weight excluding hydrogens is 208 g/mol. The van der Waals surface area contributed by atoms with E-state index in [9.17, 15) is 0 Å². The van der Waals surface area contributed by atoms with Crippen molar-refractivity contribution in [3.63, 3.8) is 0 Å². The smallest absolute Gasteiger partial charge is 0.0794 e. The summed E-state index contributed by atoms with van der Waals surface area (Å²) in [4.78, 5) is 5.51. The van der Waals surface area contributed by atoms with Gasteiger partial charge in [-0.3, -0.25) is 4.98 Å². The van der Waals surface area contributed by atoms with Crippen LogP contribution in [-0.2, 0) is 11.2 Å². The fourth-order valence-corrected chi connectivity index (χ4v) is 2.85. The number of nitrogens with zero attached hydrogens (tertiary/aromatic N) is 1. The highest BCUT2D eigenvalue weighted by atomic mass is 32.1. The van der Waals surface area contributed by atoms with Gasteiger partial charge in [0.15, 0.2) is 0 Å². The molecule has 3 nitrogen and oxygen atoms in total.